The molecule has 0 spiro atoms. The van der Waals surface area contributed by atoms with E-state index >= 15 is 0 Å². The van der Waals surface area contributed by atoms with Gasteiger partial charge in [-0.2, -0.15) is 0 Å². The third kappa shape index (κ3) is 6.13. The summed E-state index contributed by atoms with van der Waals surface area (Å²) in [7, 11) is 2.17. The summed E-state index contributed by atoms with van der Waals surface area (Å²) in [5.74, 6) is 0. The van der Waals surface area contributed by atoms with Crippen molar-refractivity contribution >= 4 is 23.2 Å². The molecule has 0 aliphatic heterocycles. The Morgan fingerprint density at radius 1 is 0.947 bits per heavy atom. The molecule has 0 aliphatic rings. The van der Waals surface area contributed by atoms with Crippen molar-refractivity contribution in [2.45, 2.75) is 20.3 Å². The van der Waals surface area contributed by atoms with Crippen LogP contribution >= 0.6 is 23.2 Å². The SMILES string of the molecule is CCN(CC)CCN(C)CCc1ccc(Cl)c(Cl)c1. The summed E-state index contributed by atoms with van der Waals surface area (Å²) < 4.78 is 0. The first-order valence-electron chi connectivity index (χ1n) is 6.91. The molecule has 0 N–H and O–H groups in total. The van der Waals surface area contributed by atoms with Gasteiger partial charge in [0.2, 0.25) is 0 Å². The van der Waals surface area contributed by atoms with Crippen LogP contribution in [0.2, 0.25) is 10.0 Å². The van der Waals surface area contributed by atoms with Gasteiger partial charge in [0.15, 0.2) is 0 Å². The van der Waals surface area contributed by atoms with Crippen molar-refractivity contribution in [3.8, 4) is 0 Å². The van der Waals surface area contributed by atoms with Crippen LogP contribution in [0.3, 0.4) is 0 Å². The molecule has 1 aromatic rings. The van der Waals surface area contributed by atoms with E-state index in [1.54, 1.807) is 0 Å². The van der Waals surface area contributed by atoms with Gasteiger partial charge in [0, 0.05) is 19.6 Å². The minimum Gasteiger partial charge on any atom is -0.305 e. The molecule has 0 saturated carbocycles. The Morgan fingerprint density at radius 2 is 1.63 bits per heavy atom. The Bertz CT molecular complexity index is 378. The van der Waals surface area contributed by atoms with Crippen molar-refractivity contribution in [1.29, 1.82) is 0 Å². The topological polar surface area (TPSA) is 6.48 Å². The lowest BCUT2D eigenvalue weighted by Crippen LogP contribution is -2.33. The first-order chi connectivity index (χ1) is 9.06. The molecule has 1 aromatic carbocycles. The molecule has 0 heterocycles. The minimum absolute atomic E-state index is 0.625. The highest BCUT2D eigenvalue weighted by Gasteiger charge is 2.04. The zero-order valence-electron chi connectivity index (χ0n) is 12.1. The van der Waals surface area contributed by atoms with Crippen molar-refractivity contribution in [2.75, 3.05) is 39.8 Å². The first-order valence-corrected chi connectivity index (χ1v) is 7.67. The summed E-state index contributed by atoms with van der Waals surface area (Å²) in [5, 5.41) is 1.27. The van der Waals surface area contributed by atoms with Gasteiger partial charge in [0.05, 0.1) is 10.0 Å². The van der Waals surface area contributed by atoms with Crippen LogP contribution < -0.4 is 0 Å². The monoisotopic (exact) mass is 302 g/mol. The predicted molar refractivity (Wildman–Crippen MR) is 85.5 cm³/mol. The van der Waals surface area contributed by atoms with Crippen LogP contribution in [-0.4, -0.2) is 49.6 Å². The number of hydrogen-bond donors (Lipinski definition) is 0. The number of benzene rings is 1. The summed E-state index contributed by atoms with van der Waals surface area (Å²) in [6.45, 7) is 9.93. The molecule has 0 atom stereocenters. The second kappa shape index (κ2) is 8.80. The second-order valence-electron chi connectivity index (χ2n) is 4.83. The Labute approximate surface area is 127 Å². The number of hydrogen-bond acceptors (Lipinski definition) is 2. The van der Waals surface area contributed by atoms with Gasteiger partial charge in [0.25, 0.3) is 0 Å². The molecule has 0 amide bonds. The van der Waals surface area contributed by atoms with E-state index in [1.807, 2.05) is 18.2 Å². The van der Waals surface area contributed by atoms with Crippen molar-refractivity contribution in [3.05, 3.63) is 33.8 Å². The van der Waals surface area contributed by atoms with Crippen molar-refractivity contribution < 1.29 is 0 Å². The Morgan fingerprint density at radius 3 is 2.21 bits per heavy atom. The third-order valence-corrected chi connectivity index (χ3v) is 4.20. The third-order valence-electron chi connectivity index (χ3n) is 3.46. The highest BCUT2D eigenvalue weighted by Crippen LogP contribution is 2.22. The summed E-state index contributed by atoms with van der Waals surface area (Å²) in [4.78, 5) is 4.80. The van der Waals surface area contributed by atoms with Gasteiger partial charge >= 0.3 is 0 Å². The molecular weight excluding hydrogens is 279 g/mol. The quantitative estimate of drug-likeness (QED) is 0.720. The average molecular weight is 303 g/mol. The lowest BCUT2D eigenvalue weighted by atomic mass is 10.1. The smallest absolute Gasteiger partial charge is 0.0595 e. The molecule has 0 bridgehead atoms. The van der Waals surface area contributed by atoms with Gasteiger partial charge in [-0.3, -0.25) is 0 Å². The van der Waals surface area contributed by atoms with Gasteiger partial charge in [-0.1, -0.05) is 43.1 Å². The van der Waals surface area contributed by atoms with Crippen LogP contribution in [0.4, 0.5) is 0 Å². The Hall–Kier alpha value is -0.280. The predicted octanol–water partition coefficient (Wildman–Crippen LogP) is 3.81. The lowest BCUT2D eigenvalue weighted by molar-refractivity contribution is 0.242. The fraction of sp³-hybridized carbons (Fsp3) is 0.600. The maximum atomic E-state index is 6.02. The standard InChI is InChI=1S/C15H24Cl2N2/c1-4-19(5-2)11-10-18(3)9-8-13-6-7-14(16)15(17)12-13/h6-7,12H,4-5,8-11H2,1-3H3. The summed E-state index contributed by atoms with van der Waals surface area (Å²) >= 11 is 11.9. The molecule has 4 heteroatoms. The van der Waals surface area contributed by atoms with E-state index in [0.29, 0.717) is 10.0 Å². The van der Waals surface area contributed by atoms with Crippen LogP contribution in [0, 0.1) is 0 Å². The molecule has 2 nitrogen and oxygen atoms in total. The molecule has 0 aliphatic carbocycles. The van der Waals surface area contributed by atoms with Gasteiger partial charge in [0.1, 0.15) is 0 Å². The molecule has 0 fully saturated rings. The molecule has 0 saturated heterocycles. The molecule has 0 unspecified atom stereocenters. The van der Waals surface area contributed by atoms with Crippen LogP contribution in [0.5, 0.6) is 0 Å². The maximum Gasteiger partial charge on any atom is 0.0595 e. The highest BCUT2D eigenvalue weighted by atomic mass is 35.5. The second-order valence-corrected chi connectivity index (χ2v) is 5.64. The molecule has 0 aromatic heterocycles. The van der Waals surface area contributed by atoms with Gasteiger partial charge in [-0.05, 0) is 44.3 Å². The number of halogens is 2. The number of likely N-dealkylation sites (N-methyl/N-ethyl adjacent to an activating group) is 2. The van der Waals surface area contributed by atoms with E-state index < -0.39 is 0 Å². The fourth-order valence-corrected chi connectivity index (χ4v) is 2.30. The van der Waals surface area contributed by atoms with Crippen LogP contribution in [0.25, 0.3) is 0 Å². The maximum absolute atomic E-state index is 6.02. The van der Waals surface area contributed by atoms with E-state index in [0.717, 1.165) is 39.1 Å². The summed E-state index contributed by atoms with van der Waals surface area (Å²) in [6, 6.07) is 5.88. The zero-order chi connectivity index (χ0) is 14.3. The molecular formula is C15H24Cl2N2. The van der Waals surface area contributed by atoms with Crippen LogP contribution in [0.1, 0.15) is 19.4 Å². The largest absolute Gasteiger partial charge is 0.305 e. The van der Waals surface area contributed by atoms with Crippen LogP contribution in [0.15, 0.2) is 18.2 Å². The minimum atomic E-state index is 0.625. The number of rotatable bonds is 8. The molecule has 0 radical (unpaired) electrons. The van der Waals surface area contributed by atoms with Gasteiger partial charge in [-0.15, -0.1) is 0 Å². The van der Waals surface area contributed by atoms with E-state index in [-0.39, 0.29) is 0 Å². The van der Waals surface area contributed by atoms with Crippen LogP contribution in [-0.2, 0) is 6.42 Å². The molecule has 1 rings (SSSR count). The van der Waals surface area contributed by atoms with Crippen molar-refractivity contribution in [2.24, 2.45) is 0 Å². The lowest BCUT2D eigenvalue weighted by Gasteiger charge is -2.23. The van der Waals surface area contributed by atoms with E-state index in [2.05, 4.69) is 30.7 Å². The molecule has 19 heavy (non-hydrogen) atoms. The average Bonchev–Trinajstić information content (AvgIpc) is 2.41. The highest BCUT2D eigenvalue weighted by molar-refractivity contribution is 6.42. The van der Waals surface area contributed by atoms with Gasteiger partial charge in [-0.25, -0.2) is 0 Å². The Kier molecular flexibility index (Phi) is 7.77. The first kappa shape index (κ1) is 16.8. The van der Waals surface area contributed by atoms with E-state index in [1.165, 1.54) is 5.56 Å². The summed E-state index contributed by atoms with van der Waals surface area (Å²) in [6.07, 6.45) is 1.01. The van der Waals surface area contributed by atoms with E-state index in [9.17, 15) is 0 Å². The Balaban J connectivity index is 2.33. The van der Waals surface area contributed by atoms with Crippen molar-refractivity contribution in [1.82, 2.24) is 9.80 Å². The number of nitrogens with zero attached hydrogens (tertiary/aromatic N) is 2. The fourth-order valence-electron chi connectivity index (χ4n) is 1.98. The van der Waals surface area contributed by atoms with E-state index in [4.69, 9.17) is 23.2 Å². The van der Waals surface area contributed by atoms with Crippen molar-refractivity contribution in [3.63, 3.8) is 0 Å². The summed E-state index contributed by atoms with van der Waals surface area (Å²) in [5.41, 5.74) is 1.24. The molecule has 108 valence electrons. The normalized spacial score (nSPS) is 11.5. The zero-order valence-corrected chi connectivity index (χ0v) is 13.6. The van der Waals surface area contributed by atoms with Gasteiger partial charge < -0.3 is 9.80 Å².